The Bertz CT molecular complexity index is 114. The standard InChI is InChI=1S/C9H17N/c1-5-6-9(2)7-8-10(3)4/h5,7-9H,1,6H2,2-4H3/b8-7+. The van der Waals surface area contributed by atoms with Crippen LogP contribution >= 0.6 is 0 Å². The van der Waals surface area contributed by atoms with Crippen molar-refractivity contribution < 1.29 is 0 Å². The van der Waals surface area contributed by atoms with Crippen molar-refractivity contribution >= 4 is 0 Å². The largest absolute Gasteiger partial charge is 0.384 e. The summed E-state index contributed by atoms with van der Waals surface area (Å²) in [5.41, 5.74) is 0. The smallest absolute Gasteiger partial charge is 0.00555 e. The van der Waals surface area contributed by atoms with Gasteiger partial charge in [-0.1, -0.05) is 19.1 Å². The Kier molecular flexibility index (Phi) is 4.73. The van der Waals surface area contributed by atoms with E-state index in [2.05, 4.69) is 25.8 Å². The summed E-state index contributed by atoms with van der Waals surface area (Å²) in [6.45, 7) is 5.86. The third-order valence-corrected chi connectivity index (χ3v) is 1.25. The van der Waals surface area contributed by atoms with Crippen molar-refractivity contribution in [2.75, 3.05) is 14.1 Å². The number of rotatable bonds is 4. The van der Waals surface area contributed by atoms with Crippen LogP contribution in [0.3, 0.4) is 0 Å². The van der Waals surface area contributed by atoms with Gasteiger partial charge in [-0.3, -0.25) is 0 Å². The average molecular weight is 139 g/mol. The van der Waals surface area contributed by atoms with Gasteiger partial charge in [0.1, 0.15) is 0 Å². The molecule has 0 saturated heterocycles. The predicted octanol–water partition coefficient (Wildman–Crippen LogP) is 2.27. The summed E-state index contributed by atoms with van der Waals surface area (Å²) in [4.78, 5) is 2.04. The van der Waals surface area contributed by atoms with Gasteiger partial charge in [-0.2, -0.15) is 0 Å². The summed E-state index contributed by atoms with van der Waals surface area (Å²) in [5, 5.41) is 0. The van der Waals surface area contributed by atoms with Crippen LogP contribution in [0.1, 0.15) is 13.3 Å². The lowest BCUT2D eigenvalue weighted by atomic mass is 10.1. The highest BCUT2D eigenvalue weighted by atomic mass is 15.0. The number of hydrogen-bond donors (Lipinski definition) is 0. The maximum absolute atomic E-state index is 3.68. The molecule has 0 saturated carbocycles. The van der Waals surface area contributed by atoms with E-state index in [1.165, 1.54) is 0 Å². The number of allylic oxidation sites excluding steroid dienone is 2. The molecule has 0 radical (unpaired) electrons. The van der Waals surface area contributed by atoms with Gasteiger partial charge in [0.15, 0.2) is 0 Å². The fourth-order valence-corrected chi connectivity index (χ4v) is 0.661. The topological polar surface area (TPSA) is 3.24 Å². The highest BCUT2D eigenvalue weighted by Gasteiger charge is 1.90. The minimum absolute atomic E-state index is 0.611. The van der Waals surface area contributed by atoms with Gasteiger partial charge in [0.2, 0.25) is 0 Å². The van der Waals surface area contributed by atoms with Crippen LogP contribution in [-0.2, 0) is 0 Å². The Morgan fingerprint density at radius 1 is 1.50 bits per heavy atom. The summed E-state index contributed by atoms with van der Waals surface area (Å²) in [5.74, 6) is 0.611. The molecular formula is C9H17N. The average Bonchev–Trinajstić information content (AvgIpc) is 1.85. The van der Waals surface area contributed by atoms with Gasteiger partial charge in [-0.15, -0.1) is 6.58 Å². The van der Waals surface area contributed by atoms with E-state index in [-0.39, 0.29) is 0 Å². The first-order valence-electron chi connectivity index (χ1n) is 3.62. The maximum atomic E-state index is 3.68. The Hall–Kier alpha value is -0.720. The molecule has 0 amide bonds. The van der Waals surface area contributed by atoms with Crippen molar-refractivity contribution in [2.24, 2.45) is 5.92 Å². The molecule has 0 aromatic carbocycles. The molecule has 0 aliphatic rings. The molecule has 10 heavy (non-hydrogen) atoms. The Morgan fingerprint density at radius 3 is 2.50 bits per heavy atom. The SMILES string of the molecule is C=CCC(C)/C=C/N(C)C. The van der Waals surface area contributed by atoms with Crippen LogP contribution in [0, 0.1) is 5.92 Å². The number of nitrogens with zero attached hydrogens (tertiary/aromatic N) is 1. The van der Waals surface area contributed by atoms with Crippen molar-refractivity contribution in [2.45, 2.75) is 13.3 Å². The van der Waals surface area contributed by atoms with Crippen LogP contribution in [0.5, 0.6) is 0 Å². The van der Waals surface area contributed by atoms with Crippen LogP contribution in [0.25, 0.3) is 0 Å². The summed E-state index contributed by atoms with van der Waals surface area (Å²) in [7, 11) is 4.05. The zero-order chi connectivity index (χ0) is 7.98. The molecule has 58 valence electrons. The molecule has 0 aromatic rings. The summed E-state index contributed by atoms with van der Waals surface area (Å²) in [6.07, 6.45) is 7.27. The van der Waals surface area contributed by atoms with Crippen molar-refractivity contribution in [1.82, 2.24) is 4.90 Å². The molecule has 0 heterocycles. The van der Waals surface area contributed by atoms with Gasteiger partial charge >= 0.3 is 0 Å². The lowest BCUT2D eigenvalue weighted by molar-refractivity contribution is 0.553. The normalized spacial score (nSPS) is 13.5. The van der Waals surface area contributed by atoms with E-state index in [0.717, 1.165) is 6.42 Å². The minimum atomic E-state index is 0.611. The monoisotopic (exact) mass is 139 g/mol. The molecule has 0 aliphatic carbocycles. The third kappa shape index (κ3) is 5.42. The van der Waals surface area contributed by atoms with E-state index in [0.29, 0.717) is 5.92 Å². The van der Waals surface area contributed by atoms with Gasteiger partial charge in [0.25, 0.3) is 0 Å². The van der Waals surface area contributed by atoms with Crippen molar-refractivity contribution in [3.05, 3.63) is 24.9 Å². The quantitative estimate of drug-likeness (QED) is 0.540. The Balaban J connectivity index is 3.54. The molecular weight excluding hydrogens is 122 g/mol. The second-order valence-corrected chi connectivity index (χ2v) is 2.81. The summed E-state index contributed by atoms with van der Waals surface area (Å²) < 4.78 is 0. The van der Waals surface area contributed by atoms with E-state index in [1.807, 2.05) is 25.1 Å². The molecule has 0 fully saturated rings. The molecule has 1 heteroatoms. The van der Waals surface area contributed by atoms with E-state index in [1.54, 1.807) is 0 Å². The summed E-state index contributed by atoms with van der Waals surface area (Å²) >= 11 is 0. The van der Waals surface area contributed by atoms with Crippen molar-refractivity contribution in [1.29, 1.82) is 0 Å². The minimum Gasteiger partial charge on any atom is -0.384 e. The highest BCUT2D eigenvalue weighted by molar-refractivity contribution is 4.87. The van der Waals surface area contributed by atoms with Crippen LogP contribution < -0.4 is 0 Å². The molecule has 1 unspecified atom stereocenters. The fraction of sp³-hybridized carbons (Fsp3) is 0.556. The molecule has 1 atom stereocenters. The molecule has 0 aliphatic heterocycles. The molecule has 0 bridgehead atoms. The zero-order valence-electron chi connectivity index (χ0n) is 7.17. The molecule has 0 aromatic heterocycles. The van der Waals surface area contributed by atoms with E-state index in [9.17, 15) is 0 Å². The van der Waals surface area contributed by atoms with E-state index >= 15 is 0 Å². The lowest BCUT2D eigenvalue weighted by Gasteiger charge is -2.05. The molecule has 1 nitrogen and oxygen atoms in total. The van der Waals surface area contributed by atoms with Crippen LogP contribution in [0.2, 0.25) is 0 Å². The first-order valence-corrected chi connectivity index (χ1v) is 3.62. The fourth-order valence-electron chi connectivity index (χ4n) is 0.661. The highest BCUT2D eigenvalue weighted by Crippen LogP contribution is 2.03. The van der Waals surface area contributed by atoms with Crippen molar-refractivity contribution in [3.63, 3.8) is 0 Å². The number of hydrogen-bond acceptors (Lipinski definition) is 1. The van der Waals surface area contributed by atoms with Gasteiger partial charge in [0.05, 0.1) is 0 Å². The van der Waals surface area contributed by atoms with Gasteiger partial charge in [0, 0.05) is 14.1 Å². The second kappa shape index (κ2) is 5.10. The first-order chi connectivity index (χ1) is 4.66. The summed E-state index contributed by atoms with van der Waals surface area (Å²) in [6, 6.07) is 0. The molecule has 0 spiro atoms. The maximum Gasteiger partial charge on any atom is 0.00555 e. The van der Waals surface area contributed by atoms with E-state index in [4.69, 9.17) is 0 Å². The molecule has 0 N–H and O–H groups in total. The van der Waals surface area contributed by atoms with E-state index < -0.39 is 0 Å². The van der Waals surface area contributed by atoms with Gasteiger partial charge in [-0.05, 0) is 18.5 Å². The van der Waals surface area contributed by atoms with Gasteiger partial charge in [-0.25, -0.2) is 0 Å². The Labute approximate surface area is 64.0 Å². The van der Waals surface area contributed by atoms with Crippen LogP contribution in [0.4, 0.5) is 0 Å². The predicted molar refractivity (Wildman–Crippen MR) is 46.8 cm³/mol. The zero-order valence-corrected chi connectivity index (χ0v) is 7.17. The lowest BCUT2D eigenvalue weighted by Crippen LogP contribution is -2.01. The first kappa shape index (κ1) is 9.28. The van der Waals surface area contributed by atoms with Gasteiger partial charge < -0.3 is 4.90 Å². The van der Waals surface area contributed by atoms with Crippen molar-refractivity contribution in [3.8, 4) is 0 Å². The second-order valence-electron chi connectivity index (χ2n) is 2.81. The van der Waals surface area contributed by atoms with Crippen LogP contribution in [0.15, 0.2) is 24.9 Å². The van der Waals surface area contributed by atoms with Crippen LogP contribution in [-0.4, -0.2) is 19.0 Å². The Morgan fingerprint density at radius 2 is 2.10 bits per heavy atom. The molecule has 0 rings (SSSR count). The third-order valence-electron chi connectivity index (χ3n) is 1.25.